The zero-order valence-corrected chi connectivity index (χ0v) is 17.3. The summed E-state index contributed by atoms with van der Waals surface area (Å²) in [6.45, 7) is 3.13. The van der Waals surface area contributed by atoms with Gasteiger partial charge in [-0.3, -0.25) is 0 Å². The van der Waals surface area contributed by atoms with Gasteiger partial charge in [0, 0.05) is 7.14 Å². The van der Waals surface area contributed by atoms with Gasteiger partial charge in [0.2, 0.25) is 5.41 Å². The molecule has 0 aliphatic rings. The normalized spacial score (nSPS) is 13.2. The average molecular weight is 584 g/mol. The highest BCUT2D eigenvalue weighted by atomic mass is 127. The molecule has 136 valence electrons. The molecule has 2 aromatic carbocycles. The van der Waals surface area contributed by atoms with E-state index in [2.05, 4.69) is 0 Å². The van der Waals surface area contributed by atoms with Crippen LogP contribution in [0.3, 0.4) is 0 Å². The van der Waals surface area contributed by atoms with Crippen LogP contribution in [0.15, 0.2) is 36.4 Å². The van der Waals surface area contributed by atoms with Gasteiger partial charge < -0.3 is 0 Å². The largest absolute Gasteiger partial charge is 0.411 e. The Bertz CT molecular complexity index is 725. The summed E-state index contributed by atoms with van der Waals surface area (Å²) in [7, 11) is 0. The smallest absolute Gasteiger partial charge is 0.169 e. The minimum Gasteiger partial charge on any atom is -0.169 e. The summed E-state index contributed by atoms with van der Waals surface area (Å²) in [5.41, 5.74) is -4.74. The van der Waals surface area contributed by atoms with Crippen LogP contribution in [0.5, 0.6) is 0 Å². The van der Waals surface area contributed by atoms with Crippen LogP contribution in [-0.2, 0) is 5.41 Å². The van der Waals surface area contributed by atoms with E-state index in [1.807, 2.05) is 22.6 Å². The molecule has 0 saturated heterocycles. The summed E-state index contributed by atoms with van der Waals surface area (Å²) in [6.07, 6.45) is -11.1. The molecule has 0 amide bonds. The van der Waals surface area contributed by atoms with Gasteiger partial charge in [0.25, 0.3) is 0 Å². The minimum absolute atomic E-state index is 0.331. The molecule has 0 spiro atoms. The molecule has 0 fully saturated rings. The number of alkyl halides is 6. The fourth-order valence-corrected chi connectivity index (χ4v) is 3.54. The predicted octanol–water partition coefficient (Wildman–Crippen LogP) is 6.92. The second kappa shape index (κ2) is 6.90. The third-order valence-electron chi connectivity index (χ3n) is 4.14. The average Bonchev–Trinajstić information content (AvgIpc) is 2.44. The van der Waals surface area contributed by atoms with Crippen molar-refractivity contribution in [1.82, 2.24) is 0 Å². The Labute approximate surface area is 168 Å². The van der Waals surface area contributed by atoms with Gasteiger partial charge >= 0.3 is 12.4 Å². The van der Waals surface area contributed by atoms with Gasteiger partial charge in [-0.15, -0.1) is 0 Å². The lowest BCUT2D eigenvalue weighted by atomic mass is 9.72. The van der Waals surface area contributed by atoms with Crippen LogP contribution in [0, 0.1) is 21.0 Å². The molecule has 25 heavy (non-hydrogen) atoms. The third-order valence-corrected chi connectivity index (χ3v) is 7.01. The number of aryl methyl sites for hydroxylation is 2. The van der Waals surface area contributed by atoms with Gasteiger partial charge in [-0.25, -0.2) is 0 Å². The number of halogens is 8. The Morgan fingerprint density at radius 1 is 0.640 bits per heavy atom. The second-order valence-electron chi connectivity index (χ2n) is 5.67. The van der Waals surface area contributed by atoms with Crippen LogP contribution in [0.4, 0.5) is 26.3 Å². The van der Waals surface area contributed by atoms with Crippen LogP contribution in [0.2, 0.25) is 0 Å². The van der Waals surface area contributed by atoms with E-state index in [0.717, 1.165) is 24.3 Å². The van der Waals surface area contributed by atoms with Crippen molar-refractivity contribution in [3.05, 3.63) is 65.8 Å². The summed E-state index contributed by atoms with van der Waals surface area (Å²) in [5.74, 6) is 0. The van der Waals surface area contributed by atoms with E-state index in [-0.39, 0.29) is 0 Å². The van der Waals surface area contributed by atoms with Gasteiger partial charge in [0.05, 0.1) is 0 Å². The molecule has 0 N–H and O–H groups in total. The third kappa shape index (κ3) is 3.52. The lowest BCUT2D eigenvalue weighted by Crippen LogP contribution is -2.54. The lowest BCUT2D eigenvalue weighted by Gasteiger charge is -2.38. The van der Waals surface area contributed by atoms with Crippen molar-refractivity contribution in [1.29, 1.82) is 0 Å². The molecule has 0 aliphatic heterocycles. The summed E-state index contributed by atoms with van der Waals surface area (Å²) in [5, 5.41) is 0. The maximum Gasteiger partial charge on any atom is 0.411 e. The van der Waals surface area contributed by atoms with E-state index in [1.54, 1.807) is 29.5 Å². The molecule has 0 bridgehead atoms. The van der Waals surface area contributed by atoms with Gasteiger partial charge in [-0.05, 0) is 93.4 Å². The van der Waals surface area contributed by atoms with Gasteiger partial charge in [0.15, 0.2) is 0 Å². The fourth-order valence-electron chi connectivity index (χ4n) is 2.69. The van der Waals surface area contributed by atoms with Gasteiger partial charge in [0.1, 0.15) is 0 Å². The van der Waals surface area contributed by atoms with Gasteiger partial charge in [-0.2, -0.15) is 26.3 Å². The first-order valence-electron chi connectivity index (χ1n) is 6.99. The first-order chi connectivity index (χ1) is 11.3. The molecule has 0 saturated carbocycles. The van der Waals surface area contributed by atoms with Crippen LogP contribution in [0.25, 0.3) is 0 Å². The van der Waals surface area contributed by atoms with E-state index in [9.17, 15) is 26.3 Å². The second-order valence-corrected chi connectivity index (χ2v) is 8.00. The number of benzene rings is 2. The van der Waals surface area contributed by atoms with Crippen molar-refractivity contribution >= 4 is 45.2 Å². The van der Waals surface area contributed by atoms with Crippen molar-refractivity contribution in [3.8, 4) is 0 Å². The Morgan fingerprint density at radius 2 is 1.12 bits per heavy atom. The highest BCUT2D eigenvalue weighted by Crippen LogP contribution is 2.56. The molecule has 8 heteroatoms. The molecular weight excluding hydrogens is 572 g/mol. The van der Waals surface area contributed by atoms with Crippen molar-refractivity contribution in [2.45, 2.75) is 31.6 Å². The summed E-state index contributed by atoms with van der Waals surface area (Å²) in [6, 6.07) is 6.30. The van der Waals surface area contributed by atoms with Crippen LogP contribution in [-0.4, -0.2) is 12.4 Å². The molecule has 0 aliphatic carbocycles. The zero-order valence-electron chi connectivity index (χ0n) is 13.0. The molecule has 0 nitrogen and oxygen atoms in total. The molecule has 0 radical (unpaired) electrons. The van der Waals surface area contributed by atoms with Crippen LogP contribution >= 0.6 is 45.2 Å². The summed E-state index contributed by atoms with van der Waals surface area (Å²) >= 11 is 3.60. The van der Waals surface area contributed by atoms with E-state index in [4.69, 9.17) is 0 Å². The fraction of sp³-hybridized carbons (Fsp3) is 0.294. The van der Waals surface area contributed by atoms with E-state index in [0.29, 0.717) is 18.3 Å². The zero-order chi connectivity index (χ0) is 19.2. The lowest BCUT2D eigenvalue weighted by molar-refractivity contribution is -0.288. The Morgan fingerprint density at radius 3 is 1.56 bits per heavy atom. The first kappa shape index (κ1) is 20.8. The summed E-state index contributed by atoms with van der Waals surface area (Å²) in [4.78, 5) is 0. The van der Waals surface area contributed by atoms with Gasteiger partial charge in [-0.1, -0.05) is 24.3 Å². The predicted molar refractivity (Wildman–Crippen MR) is 101 cm³/mol. The highest BCUT2D eigenvalue weighted by molar-refractivity contribution is 14.1. The van der Waals surface area contributed by atoms with Crippen molar-refractivity contribution in [3.63, 3.8) is 0 Å². The standard InChI is InChI=1S/C17H12F6I2/c1-9-3-4-11(7-10(9)2)15(16(18,19)20,17(21,22)23)12-5-6-13(24)14(25)8-12/h3-8H,1-2H3. The number of hydrogen-bond donors (Lipinski definition) is 0. The van der Waals surface area contributed by atoms with Crippen molar-refractivity contribution in [2.24, 2.45) is 0 Å². The maximum atomic E-state index is 14.0. The molecule has 0 atom stereocenters. The Hall–Kier alpha value is -0.520. The van der Waals surface area contributed by atoms with Crippen LogP contribution in [0.1, 0.15) is 22.3 Å². The first-order valence-corrected chi connectivity index (χ1v) is 9.15. The monoisotopic (exact) mass is 584 g/mol. The SMILES string of the molecule is Cc1ccc(C(c2ccc(I)c(I)c2)(C(F)(F)F)C(F)(F)F)cc1C. The molecule has 0 aromatic heterocycles. The molecule has 2 rings (SSSR count). The van der Waals surface area contributed by atoms with Crippen molar-refractivity contribution in [2.75, 3.05) is 0 Å². The number of rotatable bonds is 2. The van der Waals surface area contributed by atoms with Crippen LogP contribution < -0.4 is 0 Å². The molecular formula is C17H12F6I2. The molecule has 0 heterocycles. The maximum absolute atomic E-state index is 14.0. The Kier molecular flexibility index (Phi) is 5.73. The van der Waals surface area contributed by atoms with E-state index in [1.165, 1.54) is 19.1 Å². The summed E-state index contributed by atoms with van der Waals surface area (Å²) < 4.78 is 84.8. The molecule has 2 aromatic rings. The number of hydrogen-bond acceptors (Lipinski definition) is 0. The molecule has 0 unspecified atom stereocenters. The topological polar surface area (TPSA) is 0 Å². The van der Waals surface area contributed by atoms with E-state index < -0.39 is 28.9 Å². The quantitative estimate of drug-likeness (QED) is 0.266. The highest BCUT2D eigenvalue weighted by Gasteiger charge is 2.72. The van der Waals surface area contributed by atoms with Crippen molar-refractivity contribution < 1.29 is 26.3 Å². The Balaban J connectivity index is 2.96. The van der Waals surface area contributed by atoms with E-state index >= 15 is 0 Å². The minimum atomic E-state index is -5.55.